The zero-order chi connectivity index (χ0) is 21.9. The first kappa shape index (κ1) is 24.4. The molecule has 1 amide bonds. The zero-order valence-electron chi connectivity index (χ0n) is 18.0. The number of hydrogen-bond donors (Lipinski definition) is 1. The molecule has 3 heterocycles. The van der Waals surface area contributed by atoms with Crippen molar-refractivity contribution in [3.63, 3.8) is 0 Å². The van der Waals surface area contributed by atoms with Gasteiger partial charge in [-0.3, -0.25) is 14.4 Å². The van der Waals surface area contributed by atoms with E-state index in [0.29, 0.717) is 0 Å². The van der Waals surface area contributed by atoms with Gasteiger partial charge in [-0.05, 0) is 6.92 Å². The predicted molar refractivity (Wildman–Crippen MR) is 91.6 cm³/mol. The average molecular weight is 455 g/mol. The number of β-lactam (4-membered cyclic amide) rings is 1. The summed E-state index contributed by atoms with van der Waals surface area (Å²) in [5.41, 5.74) is 0. The van der Waals surface area contributed by atoms with Crippen molar-refractivity contribution >= 4 is 33.7 Å². The van der Waals surface area contributed by atoms with E-state index in [0.717, 1.165) is 18.7 Å². The number of esters is 2. The van der Waals surface area contributed by atoms with Crippen LogP contribution in [0.25, 0.3) is 0 Å². The minimum absolute atomic E-state index is 0. The second kappa shape index (κ2) is 7.67. The van der Waals surface area contributed by atoms with Gasteiger partial charge in [0.2, 0.25) is 5.91 Å². The Kier molecular flexibility index (Phi) is 6.24. The van der Waals surface area contributed by atoms with Crippen molar-refractivity contribution in [3.05, 3.63) is 11.8 Å². The van der Waals surface area contributed by atoms with E-state index in [1.807, 2.05) is 0 Å². The summed E-state index contributed by atoms with van der Waals surface area (Å²) in [7, 11) is -2.82. The molecule has 0 spiro atoms. The van der Waals surface area contributed by atoms with Crippen molar-refractivity contribution in [3.8, 4) is 0 Å². The van der Waals surface area contributed by atoms with Gasteiger partial charge in [0.25, 0.3) is 0 Å². The molecule has 3 aliphatic rings. The van der Waals surface area contributed by atoms with E-state index in [2.05, 4.69) is 10.3 Å². The molecule has 2 saturated heterocycles. The van der Waals surface area contributed by atoms with Crippen LogP contribution in [0.2, 0.25) is 0 Å². The topological polar surface area (TPSA) is 169 Å². The van der Waals surface area contributed by atoms with Crippen molar-refractivity contribution < 1.29 is 77.8 Å². The van der Waals surface area contributed by atoms with Crippen LogP contribution in [-0.4, -0.2) is 76.6 Å². The van der Waals surface area contributed by atoms with Gasteiger partial charge in [0, 0.05) is 19.1 Å². The number of rotatable bonds is 5. The summed E-state index contributed by atoms with van der Waals surface area (Å²) in [6.45, 7) is 2.81. The predicted octanol–water partition coefficient (Wildman–Crippen LogP) is -3.62. The Bertz CT molecular complexity index is 1020. The van der Waals surface area contributed by atoms with E-state index in [-0.39, 0.29) is 43.3 Å². The number of amides is 1. The number of hydrogen-bond acceptors (Lipinski definition) is 10. The largest absolute Gasteiger partial charge is 1.00 e. The molecule has 0 radical (unpaired) electrons. The number of ether oxygens (including phenoxy) is 2. The van der Waals surface area contributed by atoms with Gasteiger partial charge in [-0.25, -0.2) is 13.2 Å². The average Bonchev–Trinajstić information content (AvgIpc) is 2.90. The number of carboxylic acid groups (broad SMARTS) is 1. The molecule has 160 valence electrons. The Balaban J connectivity index is 0.00000240. The van der Waals surface area contributed by atoms with Crippen LogP contribution in [0.5, 0.6) is 0 Å². The number of carbonyl (C=O) groups is 4. The van der Waals surface area contributed by atoms with Gasteiger partial charge in [-0.2, -0.15) is 0 Å². The van der Waals surface area contributed by atoms with E-state index >= 15 is 0 Å². The third-order valence-corrected chi connectivity index (χ3v) is 7.86. The van der Waals surface area contributed by atoms with Crippen molar-refractivity contribution in [1.29, 1.82) is 0 Å². The molecule has 13 nitrogen and oxygen atoms in total. The Morgan fingerprint density at radius 2 is 1.87 bits per heavy atom. The molecule has 0 aromatic heterocycles. The van der Waals surface area contributed by atoms with E-state index in [4.69, 9.17) is 9.47 Å². The second-order valence-electron chi connectivity index (χ2n) is 7.34. The number of aliphatic carboxylic acids is 1. The first-order valence-corrected chi connectivity index (χ1v) is 9.97. The van der Waals surface area contributed by atoms with Crippen LogP contribution in [0.3, 0.4) is 0 Å². The van der Waals surface area contributed by atoms with Crippen molar-refractivity contribution in [2.75, 3.05) is 13.6 Å². The summed E-state index contributed by atoms with van der Waals surface area (Å²) in [4.78, 5) is 47.5. The monoisotopic (exact) mass is 455 g/mol. The summed E-state index contributed by atoms with van der Waals surface area (Å²) in [6.07, 6.45) is -0.307. The maximum absolute atomic E-state index is 13.1. The maximum atomic E-state index is 13.1. The molecule has 0 bridgehead atoms. The maximum Gasteiger partial charge on any atom is 1.00 e. The van der Waals surface area contributed by atoms with E-state index in [1.54, 1.807) is 0 Å². The van der Waals surface area contributed by atoms with Crippen LogP contribution < -0.4 is 29.6 Å². The Morgan fingerprint density at radius 3 is 2.33 bits per heavy atom. The Labute approximate surface area is 194 Å². The second-order valence-corrected chi connectivity index (χ2v) is 9.91. The molecular weight excluding hydrogens is 435 g/mol. The summed E-state index contributed by atoms with van der Waals surface area (Å²) < 4.78 is 33.4. The van der Waals surface area contributed by atoms with Crippen LogP contribution in [0.1, 0.15) is 28.6 Å². The van der Waals surface area contributed by atoms with Gasteiger partial charge in [0.1, 0.15) is 19.0 Å². The fourth-order valence-corrected chi connectivity index (χ4v) is 6.39. The molecule has 0 aromatic carbocycles. The fraction of sp³-hybridized carbons (Fsp3) is 0.600. The minimum Gasteiger partial charge on any atom is -1.00 e. The van der Waals surface area contributed by atoms with E-state index in [1.165, 1.54) is 14.0 Å². The van der Waals surface area contributed by atoms with Gasteiger partial charge in [0.15, 0.2) is 20.6 Å². The van der Waals surface area contributed by atoms with Crippen LogP contribution in [0.15, 0.2) is 22.1 Å². The minimum atomic E-state index is -4.14. The summed E-state index contributed by atoms with van der Waals surface area (Å²) in [5, 5.41) is 16.0. The first-order chi connectivity index (χ1) is 13.2. The normalized spacial score (nSPS) is 33.5. The van der Waals surface area contributed by atoms with Crippen LogP contribution in [0.4, 0.5) is 0 Å². The number of nitrogens with zero attached hydrogens (tertiary/aromatic N) is 4. The number of quaternary nitrogens is 1. The number of fused-ring (bicyclic) bond motifs is 1. The molecular formula is C15H20N4NaO9S+. The standard InChI is InChI=1S/C15H18N4O9S.Na.H/c1-7(20)27-12-13(28-8(2)21)19(4,17-16-12)6-15(3)11(14(23)24)18-9(22)5-10(18)29(15,25)26;;/h10-11H,5-6H2,1-4H3;;/q;+1;-1/p+1/t10-,11-,15-,19?;;/m0../s1. The third-order valence-electron chi connectivity index (χ3n) is 5.10. The zero-order valence-corrected chi connectivity index (χ0v) is 19.8. The third kappa shape index (κ3) is 3.45. The smallest absolute Gasteiger partial charge is 1.00 e. The number of sulfone groups is 1. The molecule has 1 unspecified atom stereocenters. The molecule has 0 aromatic rings. The van der Waals surface area contributed by atoms with E-state index in [9.17, 15) is 32.7 Å². The van der Waals surface area contributed by atoms with E-state index < -0.39 is 66.8 Å². The van der Waals surface area contributed by atoms with Gasteiger partial charge < -0.3 is 20.9 Å². The first-order valence-electron chi connectivity index (χ1n) is 8.42. The van der Waals surface area contributed by atoms with Crippen LogP contribution >= 0.6 is 0 Å². The fourth-order valence-electron chi connectivity index (χ4n) is 3.91. The molecule has 2 fully saturated rings. The quantitative estimate of drug-likeness (QED) is 0.190. The molecule has 1 N–H and O–H groups in total. The van der Waals surface area contributed by atoms with Crippen LogP contribution in [0, 0.1) is 0 Å². The van der Waals surface area contributed by atoms with Crippen molar-refractivity contribution in [2.45, 2.75) is 43.4 Å². The Hall–Kier alpha value is -1.87. The van der Waals surface area contributed by atoms with Gasteiger partial charge in [-0.15, -0.1) is 4.59 Å². The molecule has 30 heavy (non-hydrogen) atoms. The summed E-state index contributed by atoms with van der Waals surface area (Å²) in [6, 6.07) is -1.67. The molecule has 3 aliphatic heterocycles. The molecule has 0 saturated carbocycles. The van der Waals surface area contributed by atoms with Gasteiger partial charge in [-0.1, -0.05) is 5.11 Å². The van der Waals surface area contributed by atoms with Gasteiger partial charge in [0.05, 0.1) is 6.42 Å². The van der Waals surface area contributed by atoms with Crippen molar-refractivity contribution in [1.82, 2.24) is 4.90 Å². The molecule has 0 aliphatic carbocycles. The summed E-state index contributed by atoms with van der Waals surface area (Å²) in [5.74, 6) is -4.48. The summed E-state index contributed by atoms with van der Waals surface area (Å²) >= 11 is 0. The van der Waals surface area contributed by atoms with Crippen molar-refractivity contribution in [2.24, 2.45) is 10.3 Å². The Morgan fingerprint density at radius 1 is 1.30 bits per heavy atom. The number of carbonyl (C=O) groups excluding carboxylic acids is 3. The van der Waals surface area contributed by atoms with Crippen LogP contribution in [-0.2, 0) is 38.5 Å². The molecule has 15 heteroatoms. The number of carboxylic acids is 1. The van der Waals surface area contributed by atoms with Gasteiger partial charge >= 0.3 is 59.2 Å². The SMILES string of the molecule is CC(=O)OC1=C(OC(C)=O)[N+](C)(C[C@@]2(C)[C@H](C(=O)O)N3C(=O)C[C@@H]3S2(=O)=O)N=N1.[H-].[Na+]. The molecule has 4 atom stereocenters. The molecule has 3 rings (SSSR count).